The third kappa shape index (κ3) is 2.38. The minimum atomic E-state index is -0.268. The van der Waals surface area contributed by atoms with Gasteiger partial charge in [-0.3, -0.25) is 4.79 Å². The topological polar surface area (TPSA) is 33.5 Å². The van der Waals surface area contributed by atoms with Gasteiger partial charge in [-0.05, 0) is 29.8 Å². The van der Waals surface area contributed by atoms with Crippen LogP contribution in [0.5, 0.6) is 0 Å². The van der Waals surface area contributed by atoms with Crippen molar-refractivity contribution in [2.24, 2.45) is 0 Å². The van der Waals surface area contributed by atoms with Gasteiger partial charge in [-0.2, -0.15) is 0 Å². The molecule has 0 radical (unpaired) electrons. The Kier molecular flexibility index (Phi) is 3.29. The van der Waals surface area contributed by atoms with E-state index in [1.807, 2.05) is 0 Å². The van der Waals surface area contributed by atoms with Crippen LogP contribution >= 0.6 is 11.8 Å². The lowest BCUT2D eigenvalue weighted by molar-refractivity contribution is 0.0728. The molecule has 19 heavy (non-hydrogen) atoms. The van der Waals surface area contributed by atoms with Crippen molar-refractivity contribution in [3.05, 3.63) is 59.8 Å². The van der Waals surface area contributed by atoms with Crippen LogP contribution in [0, 0.1) is 5.82 Å². The number of hydrogen-bond acceptors (Lipinski definition) is 3. The lowest BCUT2D eigenvalue weighted by Crippen LogP contribution is -2.30. The van der Waals surface area contributed by atoms with Crippen molar-refractivity contribution < 1.29 is 13.6 Å². The number of rotatable bonds is 2. The maximum absolute atomic E-state index is 13.0. The Morgan fingerprint density at radius 1 is 1.32 bits per heavy atom. The summed E-state index contributed by atoms with van der Waals surface area (Å²) in [5.74, 6) is 0.823. The molecule has 1 aromatic heterocycles. The molecular formula is C14H12FNO2S. The van der Waals surface area contributed by atoms with Gasteiger partial charge in [0.1, 0.15) is 11.2 Å². The van der Waals surface area contributed by atoms with Crippen molar-refractivity contribution in [3.8, 4) is 0 Å². The molecule has 0 unspecified atom stereocenters. The SMILES string of the molecule is O=C(c1ccco1)N1CCS[C@H]1c1ccc(F)cc1. The smallest absolute Gasteiger partial charge is 0.290 e. The fourth-order valence-electron chi connectivity index (χ4n) is 2.12. The van der Waals surface area contributed by atoms with Crippen LogP contribution in [0.2, 0.25) is 0 Å². The third-order valence-electron chi connectivity index (χ3n) is 3.04. The normalized spacial score (nSPS) is 18.8. The average molecular weight is 277 g/mol. The predicted molar refractivity (Wildman–Crippen MR) is 71.3 cm³/mol. The molecule has 3 nitrogen and oxygen atoms in total. The van der Waals surface area contributed by atoms with Crippen molar-refractivity contribution in [2.45, 2.75) is 5.37 Å². The van der Waals surface area contributed by atoms with E-state index in [1.165, 1.54) is 18.4 Å². The Labute approximate surface area is 114 Å². The summed E-state index contributed by atoms with van der Waals surface area (Å²) in [5, 5.41) is -0.0711. The second-order valence-electron chi connectivity index (χ2n) is 4.25. The molecular weight excluding hydrogens is 265 g/mol. The highest BCUT2D eigenvalue weighted by Crippen LogP contribution is 2.38. The maximum atomic E-state index is 13.0. The molecule has 1 atom stereocenters. The van der Waals surface area contributed by atoms with E-state index < -0.39 is 0 Å². The maximum Gasteiger partial charge on any atom is 0.290 e. The summed E-state index contributed by atoms with van der Waals surface area (Å²) < 4.78 is 18.1. The van der Waals surface area contributed by atoms with Crippen LogP contribution in [-0.4, -0.2) is 23.1 Å². The fourth-order valence-corrected chi connectivity index (χ4v) is 3.38. The van der Waals surface area contributed by atoms with Crippen LogP contribution in [0.1, 0.15) is 21.5 Å². The lowest BCUT2D eigenvalue weighted by Gasteiger charge is -2.23. The lowest BCUT2D eigenvalue weighted by atomic mass is 10.2. The highest BCUT2D eigenvalue weighted by Gasteiger charge is 2.32. The van der Waals surface area contributed by atoms with Gasteiger partial charge in [0.15, 0.2) is 5.76 Å². The van der Waals surface area contributed by atoms with Crippen molar-refractivity contribution in [1.29, 1.82) is 0 Å². The van der Waals surface area contributed by atoms with E-state index in [9.17, 15) is 9.18 Å². The first kappa shape index (κ1) is 12.3. The van der Waals surface area contributed by atoms with Gasteiger partial charge in [0, 0.05) is 12.3 Å². The number of nitrogens with zero attached hydrogens (tertiary/aromatic N) is 1. The number of halogens is 1. The number of thioether (sulfide) groups is 1. The van der Waals surface area contributed by atoms with Gasteiger partial charge in [0.25, 0.3) is 5.91 Å². The first-order chi connectivity index (χ1) is 9.25. The molecule has 1 aliphatic rings. The van der Waals surface area contributed by atoms with Crippen LogP contribution in [0.15, 0.2) is 47.1 Å². The monoisotopic (exact) mass is 277 g/mol. The average Bonchev–Trinajstić information content (AvgIpc) is 3.10. The van der Waals surface area contributed by atoms with Crippen molar-refractivity contribution in [2.75, 3.05) is 12.3 Å². The molecule has 1 aliphatic heterocycles. The first-order valence-corrected chi connectivity index (χ1v) is 7.02. The van der Waals surface area contributed by atoms with Gasteiger partial charge < -0.3 is 9.32 Å². The van der Waals surface area contributed by atoms with E-state index >= 15 is 0 Å². The zero-order chi connectivity index (χ0) is 13.2. The van der Waals surface area contributed by atoms with E-state index in [4.69, 9.17) is 4.42 Å². The Morgan fingerprint density at radius 3 is 2.79 bits per heavy atom. The third-order valence-corrected chi connectivity index (χ3v) is 4.30. The van der Waals surface area contributed by atoms with E-state index in [2.05, 4.69) is 0 Å². The second-order valence-corrected chi connectivity index (χ2v) is 5.44. The fraction of sp³-hybridized carbons (Fsp3) is 0.214. The quantitative estimate of drug-likeness (QED) is 0.844. The van der Waals surface area contributed by atoms with Crippen LogP contribution in [-0.2, 0) is 0 Å². The van der Waals surface area contributed by atoms with Gasteiger partial charge in [-0.1, -0.05) is 12.1 Å². The Bertz CT molecular complexity index is 568. The van der Waals surface area contributed by atoms with Gasteiger partial charge in [0.2, 0.25) is 0 Å². The van der Waals surface area contributed by atoms with E-state index in [1.54, 1.807) is 40.9 Å². The Hall–Kier alpha value is -1.75. The summed E-state index contributed by atoms with van der Waals surface area (Å²) in [5.41, 5.74) is 0.934. The molecule has 0 bridgehead atoms. The van der Waals surface area contributed by atoms with Crippen molar-refractivity contribution in [1.82, 2.24) is 4.90 Å². The standard InChI is InChI=1S/C14H12FNO2S/c15-11-5-3-10(4-6-11)14-16(7-9-19-14)13(17)12-2-1-8-18-12/h1-6,8,14H,7,9H2/t14-/m0/s1. The van der Waals surface area contributed by atoms with E-state index in [0.29, 0.717) is 12.3 Å². The first-order valence-electron chi connectivity index (χ1n) is 5.97. The zero-order valence-corrected chi connectivity index (χ0v) is 10.9. The van der Waals surface area contributed by atoms with Gasteiger partial charge >= 0.3 is 0 Å². The van der Waals surface area contributed by atoms with Crippen molar-refractivity contribution >= 4 is 17.7 Å². The number of hydrogen-bond donors (Lipinski definition) is 0. The Balaban J connectivity index is 1.85. The molecule has 1 aromatic carbocycles. The number of furan rings is 1. The summed E-state index contributed by atoms with van der Waals surface area (Å²) in [6, 6.07) is 9.64. The molecule has 0 spiro atoms. The summed E-state index contributed by atoms with van der Waals surface area (Å²) in [4.78, 5) is 14.1. The summed E-state index contributed by atoms with van der Waals surface area (Å²) in [6.45, 7) is 0.673. The molecule has 98 valence electrons. The highest BCUT2D eigenvalue weighted by molar-refractivity contribution is 7.99. The van der Waals surface area contributed by atoms with Crippen LogP contribution < -0.4 is 0 Å². The Morgan fingerprint density at radius 2 is 2.11 bits per heavy atom. The molecule has 2 aromatic rings. The molecule has 1 amide bonds. The van der Waals surface area contributed by atoms with Crippen molar-refractivity contribution in [3.63, 3.8) is 0 Å². The minimum absolute atomic E-state index is 0.0711. The van der Waals surface area contributed by atoms with Gasteiger partial charge in [0.05, 0.1) is 6.26 Å². The molecule has 1 fully saturated rings. The minimum Gasteiger partial charge on any atom is -0.459 e. The predicted octanol–water partition coefficient (Wildman–Crippen LogP) is 3.31. The summed E-state index contributed by atoms with van der Waals surface area (Å²) in [6.07, 6.45) is 1.49. The van der Waals surface area contributed by atoms with Crippen LogP contribution in [0.25, 0.3) is 0 Å². The molecule has 2 heterocycles. The molecule has 1 saturated heterocycles. The molecule has 0 saturated carbocycles. The number of carbonyl (C=O) groups excluding carboxylic acids is 1. The van der Waals surface area contributed by atoms with Gasteiger partial charge in [-0.25, -0.2) is 4.39 Å². The summed E-state index contributed by atoms with van der Waals surface area (Å²) in [7, 11) is 0. The van der Waals surface area contributed by atoms with Gasteiger partial charge in [-0.15, -0.1) is 11.8 Å². The van der Waals surface area contributed by atoms with Crippen LogP contribution in [0.3, 0.4) is 0 Å². The zero-order valence-electron chi connectivity index (χ0n) is 10.1. The molecule has 0 aliphatic carbocycles. The highest BCUT2D eigenvalue weighted by atomic mass is 32.2. The number of carbonyl (C=O) groups is 1. The number of amides is 1. The number of benzene rings is 1. The van der Waals surface area contributed by atoms with Crippen LogP contribution in [0.4, 0.5) is 4.39 Å². The summed E-state index contributed by atoms with van der Waals surface area (Å²) >= 11 is 1.68. The van der Waals surface area contributed by atoms with E-state index in [-0.39, 0.29) is 17.1 Å². The molecule has 3 rings (SSSR count). The molecule has 0 N–H and O–H groups in total. The second kappa shape index (κ2) is 5.09. The van der Waals surface area contributed by atoms with E-state index in [0.717, 1.165) is 11.3 Å². The molecule has 5 heteroatoms. The largest absolute Gasteiger partial charge is 0.459 e.